The summed E-state index contributed by atoms with van der Waals surface area (Å²) < 4.78 is 42.8. The molecule has 0 atom stereocenters. The Kier molecular flexibility index (Phi) is 4.87. The topological polar surface area (TPSA) is 80.0 Å². The zero-order valence-electron chi connectivity index (χ0n) is 13.2. The van der Waals surface area contributed by atoms with Gasteiger partial charge in [0.25, 0.3) is 5.91 Å². The van der Waals surface area contributed by atoms with Crippen molar-refractivity contribution in [2.75, 3.05) is 10.6 Å². The summed E-state index contributed by atoms with van der Waals surface area (Å²) in [6.07, 6.45) is -2.89. The van der Waals surface area contributed by atoms with Gasteiger partial charge in [0.1, 0.15) is 11.6 Å². The molecule has 26 heavy (non-hydrogen) atoms. The fraction of sp³-hybridized carbons (Fsp3) is 0.118. The second-order valence-electron chi connectivity index (χ2n) is 5.27. The SMILES string of the molecule is O=C(Nc1ccc(NCc2ccco2)nn1)c1ccc(C(F)(F)F)cc1. The minimum atomic E-state index is -4.45. The van der Waals surface area contributed by atoms with Crippen molar-refractivity contribution in [3.05, 3.63) is 71.7 Å². The predicted molar refractivity (Wildman–Crippen MR) is 87.5 cm³/mol. The molecule has 3 rings (SSSR count). The van der Waals surface area contributed by atoms with E-state index in [0.717, 1.165) is 30.0 Å². The number of halogens is 3. The lowest BCUT2D eigenvalue weighted by Gasteiger charge is -2.08. The number of rotatable bonds is 5. The van der Waals surface area contributed by atoms with E-state index in [1.165, 1.54) is 6.07 Å². The van der Waals surface area contributed by atoms with Gasteiger partial charge in [-0.2, -0.15) is 13.2 Å². The number of amides is 1. The Balaban J connectivity index is 1.58. The fourth-order valence-electron chi connectivity index (χ4n) is 2.08. The van der Waals surface area contributed by atoms with E-state index in [4.69, 9.17) is 4.42 Å². The molecule has 1 amide bonds. The van der Waals surface area contributed by atoms with Crippen LogP contribution in [0.4, 0.5) is 24.8 Å². The number of carbonyl (C=O) groups excluding carboxylic acids is 1. The summed E-state index contributed by atoms with van der Waals surface area (Å²) >= 11 is 0. The molecule has 134 valence electrons. The van der Waals surface area contributed by atoms with Crippen LogP contribution < -0.4 is 10.6 Å². The van der Waals surface area contributed by atoms with Crippen molar-refractivity contribution in [1.82, 2.24) is 10.2 Å². The maximum Gasteiger partial charge on any atom is 0.416 e. The van der Waals surface area contributed by atoms with Gasteiger partial charge >= 0.3 is 6.18 Å². The summed E-state index contributed by atoms with van der Waals surface area (Å²) in [6, 6.07) is 10.6. The van der Waals surface area contributed by atoms with E-state index < -0.39 is 17.6 Å². The zero-order chi connectivity index (χ0) is 18.6. The highest BCUT2D eigenvalue weighted by Crippen LogP contribution is 2.29. The quantitative estimate of drug-likeness (QED) is 0.718. The van der Waals surface area contributed by atoms with Crippen molar-refractivity contribution in [1.29, 1.82) is 0 Å². The number of hydrogen-bond acceptors (Lipinski definition) is 5. The van der Waals surface area contributed by atoms with Crippen LogP contribution in [-0.2, 0) is 12.7 Å². The Morgan fingerprint density at radius 1 is 1.00 bits per heavy atom. The first kappa shape index (κ1) is 17.5. The number of benzene rings is 1. The minimum absolute atomic E-state index is 0.0832. The molecule has 2 N–H and O–H groups in total. The van der Waals surface area contributed by atoms with Crippen LogP contribution in [0, 0.1) is 0 Å². The van der Waals surface area contributed by atoms with Gasteiger partial charge in [-0.25, -0.2) is 0 Å². The largest absolute Gasteiger partial charge is 0.467 e. The molecule has 0 aliphatic rings. The summed E-state index contributed by atoms with van der Waals surface area (Å²) in [5.41, 5.74) is -0.736. The van der Waals surface area contributed by atoms with E-state index in [-0.39, 0.29) is 11.4 Å². The molecule has 0 fully saturated rings. The van der Waals surface area contributed by atoms with Crippen molar-refractivity contribution in [2.24, 2.45) is 0 Å². The Bertz CT molecular complexity index is 861. The lowest BCUT2D eigenvalue weighted by Crippen LogP contribution is -2.14. The van der Waals surface area contributed by atoms with Crippen LogP contribution >= 0.6 is 0 Å². The number of furan rings is 1. The summed E-state index contributed by atoms with van der Waals surface area (Å²) in [7, 11) is 0. The standard InChI is InChI=1S/C17H13F3N4O2/c18-17(19,20)12-5-3-11(4-6-12)16(25)22-15-8-7-14(23-24-15)21-10-13-2-1-9-26-13/h1-9H,10H2,(H,21,23)(H,22,24,25). The van der Waals surface area contributed by atoms with Crippen molar-refractivity contribution in [3.63, 3.8) is 0 Å². The molecule has 0 radical (unpaired) electrons. The normalized spacial score (nSPS) is 11.2. The Labute approximate surface area is 146 Å². The number of aromatic nitrogens is 2. The Hall–Kier alpha value is -3.36. The van der Waals surface area contributed by atoms with Crippen LogP contribution in [0.1, 0.15) is 21.7 Å². The number of carbonyl (C=O) groups is 1. The molecule has 6 nitrogen and oxygen atoms in total. The first-order chi connectivity index (χ1) is 12.4. The van der Waals surface area contributed by atoms with E-state index in [2.05, 4.69) is 20.8 Å². The second-order valence-corrected chi connectivity index (χ2v) is 5.27. The molecule has 2 aromatic heterocycles. The summed E-state index contributed by atoms with van der Waals surface area (Å²) in [5.74, 6) is 0.808. The first-order valence-electron chi connectivity index (χ1n) is 7.50. The van der Waals surface area contributed by atoms with E-state index in [1.807, 2.05) is 0 Å². The highest BCUT2D eigenvalue weighted by molar-refractivity contribution is 6.03. The molecule has 2 heterocycles. The average molecular weight is 362 g/mol. The summed E-state index contributed by atoms with van der Waals surface area (Å²) in [5, 5.41) is 13.2. The van der Waals surface area contributed by atoms with Crippen LogP contribution in [0.5, 0.6) is 0 Å². The van der Waals surface area contributed by atoms with Crippen LogP contribution in [0.25, 0.3) is 0 Å². The second kappa shape index (κ2) is 7.26. The molecule has 0 unspecified atom stereocenters. The van der Waals surface area contributed by atoms with Crippen LogP contribution in [0.3, 0.4) is 0 Å². The highest BCUT2D eigenvalue weighted by atomic mass is 19.4. The van der Waals surface area contributed by atoms with Crippen LogP contribution in [0.2, 0.25) is 0 Å². The fourth-order valence-corrected chi connectivity index (χ4v) is 2.08. The first-order valence-corrected chi connectivity index (χ1v) is 7.50. The molecule has 0 bridgehead atoms. The molecule has 1 aromatic carbocycles. The minimum Gasteiger partial charge on any atom is -0.467 e. The summed E-state index contributed by atoms with van der Waals surface area (Å²) in [6.45, 7) is 0.430. The van der Waals surface area contributed by atoms with E-state index in [1.54, 1.807) is 24.5 Å². The smallest absolute Gasteiger partial charge is 0.416 e. The molecule has 0 spiro atoms. The van der Waals surface area contributed by atoms with Crippen molar-refractivity contribution < 1.29 is 22.4 Å². The lowest BCUT2D eigenvalue weighted by molar-refractivity contribution is -0.137. The monoisotopic (exact) mass is 362 g/mol. The van der Waals surface area contributed by atoms with Gasteiger partial charge in [0.2, 0.25) is 0 Å². The van der Waals surface area contributed by atoms with Crippen LogP contribution in [0.15, 0.2) is 59.2 Å². The Morgan fingerprint density at radius 2 is 1.69 bits per heavy atom. The molecular formula is C17H13F3N4O2. The third kappa shape index (κ3) is 4.38. The molecule has 3 aromatic rings. The van der Waals surface area contributed by atoms with E-state index >= 15 is 0 Å². The van der Waals surface area contributed by atoms with E-state index in [0.29, 0.717) is 12.4 Å². The van der Waals surface area contributed by atoms with Crippen molar-refractivity contribution >= 4 is 17.5 Å². The van der Waals surface area contributed by atoms with Gasteiger partial charge in [-0.05, 0) is 48.5 Å². The zero-order valence-corrected chi connectivity index (χ0v) is 13.2. The van der Waals surface area contributed by atoms with Gasteiger partial charge in [-0.1, -0.05) is 0 Å². The average Bonchev–Trinajstić information content (AvgIpc) is 3.14. The molecular weight excluding hydrogens is 349 g/mol. The number of hydrogen-bond donors (Lipinski definition) is 2. The highest BCUT2D eigenvalue weighted by Gasteiger charge is 2.30. The number of nitrogens with zero attached hydrogens (tertiary/aromatic N) is 2. The van der Waals surface area contributed by atoms with Gasteiger partial charge < -0.3 is 15.1 Å². The lowest BCUT2D eigenvalue weighted by atomic mass is 10.1. The third-order valence-corrected chi connectivity index (χ3v) is 3.40. The number of anilines is 2. The third-order valence-electron chi connectivity index (χ3n) is 3.40. The molecule has 0 saturated heterocycles. The molecule has 0 saturated carbocycles. The van der Waals surface area contributed by atoms with Crippen molar-refractivity contribution in [2.45, 2.75) is 12.7 Å². The van der Waals surface area contributed by atoms with Crippen LogP contribution in [-0.4, -0.2) is 16.1 Å². The Morgan fingerprint density at radius 3 is 2.27 bits per heavy atom. The van der Waals surface area contributed by atoms with E-state index in [9.17, 15) is 18.0 Å². The maximum absolute atomic E-state index is 12.5. The molecule has 0 aliphatic carbocycles. The van der Waals surface area contributed by atoms with Gasteiger partial charge in [0.05, 0.1) is 18.4 Å². The molecule has 9 heteroatoms. The molecule has 0 aliphatic heterocycles. The van der Waals surface area contributed by atoms with Gasteiger partial charge in [-0.15, -0.1) is 10.2 Å². The number of nitrogens with one attached hydrogen (secondary N) is 2. The number of alkyl halides is 3. The van der Waals surface area contributed by atoms with Gasteiger partial charge in [-0.3, -0.25) is 4.79 Å². The maximum atomic E-state index is 12.5. The van der Waals surface area contributed by atoms with Gasteiger partial charge in [0.15, 0.2) is 5.82 Å². The van der Waals surface area contributed by atoms with Crippen molar-refractivity contribution in [3.8, 4) is 0 Å². The van der Waals surface area contributed by atoms with Gasteiger partial charge in [0, 0.05) is 5.56 Å². The summed E-state index contributed by atoms with van der Waals surface area (Å²) in [4.78, 5) is 12.1. The predicted octanol–water partition coefficient (Wildman–Crippen LogP) is 3.95.